The van der Waals surface area contributed by atoms with Crippen molar-refractivity contribution in [1.82, 2.24) is 24.4 Å². The van der Waals surface area contributed by atoms with Gasteiger partial charge in [-0.05, 0) is 29.8 Å². The molecule has 0 saturated carbocycles. The van der Waals surface area contributed by atoms with Gasteiger partial charge in [-0.3, -0.25) is 9.40 Å². The molecule has 3 rings (SSSR count). The largest absolute Gasteiger partial charge is 0.276 e. The van der Waals surface area contributed by atoms with E-state index in [9.17, 15) is 8.42 Å². The van der Waals surface area contributed by atoms with E-state index in [4.69, 9.17) is 0 Å². The summed E-state index contributed by atoms with van der Waals surface area (Å²) in [7, 11) is -3.80. The second kappa shape index (κ2) is 5.36. The van der Waals surface area contributed by atoms with Crippen LogP contribution in [0.4, 0.5) is 5.69 Å². The molecule has 0 bridgehead atoms. The zero-order valence-electron chi connectivity index (χ0n) is 11.9. The fraction of sp³-hybridized carbons (Fsp3) is 0.250. The van der Waals surface area contributed by atoms with Gasteiger partial charge in [-0.25, -0.2) is 17.9 Å². The van der Waals surface area contributed by atoms with E-state index in [0.717, 1.165) is 0 Å². The number of hydrogen-bond donors (Lipinski definition) is 1. The average Bonchev–Trinajstić information content (AvgIpc) is 3.00. The smallest absolute Gasteiger partial charge is 0.267 e. The molecular weight excluding hydrogens is 372 g/mol. The van der Waals surface area contributed by atoms with Crippen LogP contribution in [0.2, 0.25) is 0 Å². The molecule has 8 nitrogen and oxygen atoms in total. The third-order valence-corrected chi connectivity index (χ3v) is 4.97. The van der Waals surface area contributed by atoms with Gasteiger partial charge in [-0.1, -0.05) is 0 Å². The Balaban J connectivity index is 2.07. The lowest BCUT2D eigenvalue weighted by Gasteiger charge is -2.04. The number of nitrogens with one attached hydrogen (secondary N) is 1. The standard InChI is InChI=1S/C12H13BrN6O2S/c1-3-18-7-10(5-15-18)17-22(20,21)11-8(2)16-19-6-9(13)4-14-12(11)19/h4-7,17H,3H2,1-2H3. The summed E-state index contributed by atoms with van der Waals surface area (Å²) >= 11 is 3.28. The predicted octanol–water partition coefficient (Wildman–Crippen LogP) is 1.82. The average molecular weight is 385 g/mol. The summed E-state index contributed by atoms with van der Waals surface area (Å²) in [5, 5.41) is 8.23. The van der Waals surface area contributed by atoms with Crippen LogP contribution >= 0.6 is 15.9 Å². The Labute approximate surface area is 135 Å². The van der Waals surface area contributed by atoms with Crippen LogP contribution < -0.4 is 4.72 Å². The Hall–Kier alpha value is -1.94. The molecule has 0 aromatic carbocycles. The topological polar surface area (TPSA) is 94.2 Å². The highest BCUT2D eigenvalue weighted by molar-refractivity contribution is 9.10. The van der Waals surface area contributed by atoms with E-state index in [2.05, 4.69) is 35.8 Å². The first-order chi connectivity index (χ1) is 10.4. The van der Waals surface area contributed by atoms with Gasteiger partial charge >= 0.3 is 0 Å². The first kappa shape index (κ1) is 15.0. The number of hydrogen-bond acceptors (Lipinski definition) is 5. The summed E-state index contributed by atoms with van der Waals surface area (Å²) in [4.78, 5) is 4.20. The first-order valence-corrected chi connectivity index (χ1v) is 8.74. The SMILES string of the molecule is CCn1cc(NS(=O)(=O)c2c(C)nn3cc(Br)cnc23)cn1. The Kier molecular flexibility index (Phi) is 3.65. The minimum Gasteiger partial charge on any atom is -0.276 e. The fourth-order valence-corrected chi connectivity index (χ4v) is 3.74. The third kappa shape index (κ3) is 2.59. The molecular formula is C12H13BrN6O2S. The molecule has 10 heteroatoms. The highest BCUT2D eigenvalue weighted by atomic mass is 79.9. The summed E-state index contributed by atoms with van der Waals surface area (Å²) in [6.07, 6.45) is 6.28. The van der Waals surface area contributed by atoms with Gasteiger partial charge in [0.1, 0.15) is 0 Å². The number of halogens is 1. The molecule has 0 saturated heterocycles. The molecule has 1 N–H and O–H groups in total. The van der Waals surface area contributed by atoms with Crippen LogP contribution in [0.15, 0.2) is 34.2 Å². The number of nitrogens with zero attached hydrogens (tertiary/aromatic N) is 5. The minimum atomic E-state index is -3.80. The molecule has 3 aromatic rings. The van der Waals surface area contributed by atoms with Gasteiger partial charge in [0.2, 0.25) is 0 Å². The van der Waals surface area contributed by atoms with E-state index in [1.165, 1.54) is 16.9 Å². The summed E-state index contributed by atoms with van der Waals surface area (Å²) in [5.41, 5.74) is 1.05. The van der Waals surface area contributed by atoms with E-state index in [1.54, 1.807) is 24.0 Å². The predicted molar refractivity (Wildman–Crippen MR) is 84.1 cm³/mol. The second-order valence-corrected chi connectivity index (χ2v) is 7.18. The lowest BCUT2D eigenvalue weighted by Crippen LogP contribution is -2.13. The maximum absolute atomic E-state index is 12.6. The van der Waals surface area contributed by atoms with E-state index in [-0.39, 0.29) is 10.5 Å². The molecule has 0 aliphatic rings. The lowest BCUT2D eigenvalue weighted by molar-refractivity contribution is 0.601. The Morgan fingerprint density at radius 1 is 1.32 bits per heavy atom. The first-order valence-electron chi connectivity index (χ1n) is 6.46. The zero-order chi connectivity index (χ0) is 15.9. The normalized spacial score (nSPS) is 12.0. The molecule has 0 amide bonds. The molecule has 0 radical (unpaired) electrons. The van der Waals surface area contributed by atoms with Gasteiger partial charge in [-0.2, -0.15) is 10.2 Å². The number of sulfonamides is 1. The monoisotopic (exact) mass is 384 g/mol. The van der Waals surface area contributed by atoms with Crippen LogP contribution in [0.25, 0.3) is 5.65 Å². The Morgan fingerprint density at radius 3 is 2.77 bits per heavy atom. The van der Waals surface area contributed by atoms with Crippen molar-refractivity contribution in [3.8, 4) is 0 Å². The highest BCUT2D eigenvalue weighted by Crippen LogP contribution is 2.23. The molecule has 3 heterocycles. The van der Waals surface area contributed by atoms with Crippen molar-refractivity contribution in [2.24, 2.45) is 0 Å². The fourth-order valence-electron chi connectivity index (χ4n) is 2.11. The number of aryl methyl sites for hydroxylation is 2. The van der Waals surface area contributed by atoms with Crippen molar-refractivity contribution in [3.05, 3.63) is 35.0 Å². The van der Waals surface area contributed by atoms with Gasteiger partial charge in [0.25, 0.3) is 10.0 Å². The van der Waals surface area contributed by atoms with Crippen LogP contribution in [0.3, 0.4) is 0 Å². The number of aromatic nitrogens is 5. The third-order valence-electron chi connectivity index (χ3n) is 3.04. The summed E-state index contributed by atoms with van der Waals surface area (Å²) in [6, 6.07) is 0. The summed E-state index contributed by atoms with van der Waals surface area (Å²) < 4.78 is 31.5. The van der Waals surface area contributed by atoms with Gasteiger partial charge in [-0.15, -0.1) is 0 Å². The van der Waals surface area contributed by atoms with E-state index in [1.807, 2.05) is 6.92 Å². The zero-order valence-corrected chi connectivity index (χ0v) is 14.3. The van der Waals surface area contributed by atoms with Crippen LogP contribution in [0.1, 0.15) is 12.6 Å². The highest BCUT2D eigenvalue weighted by Gasteiger charge is 2.25. The van der Waals surface area contributed by atoms with Crippen LogP contribution in [0.5, 0.6) is 0 Å². The number of fused-ring (bicyclic) bond motifs is 1. The number of rotatable bonds is 4. The van der Waals surface area contributed by atoms with E-state index >= 15 is 0 Å². The second-order valence-electron chi connectivity index (χ2n) is 4.65. The minimum absolute atomic E-state index is 0.0595. The van der Waals surface area contributed by atoms with Crippen LogP contribution in [-0.2, 0) is 16.6 Å². The molecule has 3 aromatic heterocycles. The van der Waals surface area contributed by atoms with Crippen molar-refractivity contribution < 1.29 is 8.42 Å². The van der Waals surface area contributed by atoms with Crippen molar-refractivity contribution in [1.29, 1.82) is 0 Å². The van der Waals surface area contributed by atoms with Gasteiger partial charge in [0, 0.05) is 25.1 Å². The molecule has 0 fully saturated rings. The van der Waals surface area contributed by atoms with Gasteiger partial charge in [0.15, 0.2) is 10.5 Å². The maximum Gasteiger partial charge on any atom is 0.267 e. The van der Waals surface area contributed by atoms with Crippen LogP contribution in [0, 0.1) is 6.92 Å². The van der Waals surface area contributed by atoms with E-state index in [0.29, 0.717) is 22.4 Å². The molecule has 0 spiro atoms. The van der Waals surface area contributed by atoms with E-state index < -0.39 is 10.0 Å². The molecule has 0 aliphatic carbocycles. The van der Waals surface area contributed by atoms with Crippen molar-refractivity contribution >= 4 is 37.3 Å². The molecule has 0 aliphatic heterocycles. The summed E-state index contributed by atoms with van der Waals surface area (Å²) in [6.45, 7) is 4.21. The molecule has 22 heavy (non-hydrogen) atoms. The van der Waals surface area contributed by atoms with Crippen molar-refractivity contribution in [2.75, 3.05) is 4.72 Å². The van der Waals surface area contributed by atoms with Crippen molar-refractivity contribution in [3.63, 3.8) is 0 Å². The van der Waals surface area contributed by atoms with Gasteiger partial charge in [0.05, 0.1) is 22.1 Å². The molecule has 116 valence electrons. The lowest BCUT2D eigenvalue weighted by atomic mass is 10.5. The quantitative estimate of drug-likeness (QED) is 0.739. The Bertz CT molecular complexity index is 946. The molecule has 0 unspecified atom stereocenters. The molecule has 0 atom stereocenters. The maximum atomic E-state index is 12.6. The Morgan fingerprint density at radius 2 is 2.09 bits per heavy atom. The van der Waals surface area contributed by atoms with Gasteiger partial charge < -0.3 is 0 Å². The number of anilines is 1. The summed E-state index contributed by atoms with van der Waals surface area (Å²) in [5.74, 6) is 0. The van der Waals surface area contributed by atoms with Crippen LogP contribution in [-0.4, -0.2) is 32.8 Å². The van der Waals surface area contributed by atoms with Crippen molar-refractivity contribution in [2.45, 2.75) is 25.3 Å².